The molecule has 1 aliphatic heterocycles. The molecule has 2 fully saturated rings. The molecule has 1 heterocycles. The van der Waals surface area contributed by atoms with Crippen LogP contribution in [0.5, 0.6) is 0 Å². The smallest absolute Gasteiger partial charge is 0.326 e. The zero-order valence-corrected chi connectivity index (χ0v) is 12.7. The average molecular weight is 282 g/mol. The summed E-state index contributed by atoms with van der Waals surface area (Å²) in [6.07, 6.45) is 3.84. The van der Waals surface area contributed by atoms with Crippen molar-refractivity contribution < 1.29 is 14.7 Å². The van der Waals surface area contributed by atoms with Crippen LogP contribution in [-0.2, 0) is 4.79 Å². The Morgan fingerprint density at radius 1 is 1.30 bits per heavy atom. The molecule has 2 unspecified atom stereocenters. The van der Waals surface area contributed by atoms with Gasteiger partial charge in [0.2, 0.25) is 0 Å². The lowest BCUT2D eigenvalue weighted by atomic mass is 9.92. The van der Waals surface area contributed by atoms with E-state index in [-0.39, 0.29) is 12.1 Å². The molecule has 20 heavy (non-hydrogen) atoms. The molecule has 5 heteroatoms. The monoisotopic (exact) mass is 282 g/mol. The van der Waals surface area contributed by atoms with E-state index in [2.05, 4.69) is 6.92 Å². The third-order valence-electron chi connectivity index (χ3n) is 4.42. The molecule has 1 saturated heterocycles. The Hall–Kier alpha value is -1.26. The highest BCUT2D eigenvalue weighted by Crippen LogP contribution is 2.31. The second-order valence-corrected chi connectivity index (χ2v) is 6.65. The maximum absolute atomic E-state index is 12.7. The molecule has 1 saturated carbocycles. The Morgan fingerprint density at radius 3 is 2.45 bits per heavy atom. The van der Waals surface area contributed by atoms with E-state index in [1.54, 1.807) is 4.90 Å². The number of carbonyl (C=O) groups is 2. The molecule has 2 atom stereocenters. The Morgan fingerprint density at radius 2 is 1.95 bits per heavy atom. The van der Waals surface area contributed by atoms with Gasteiger partial charge in [0.1, 0.15) is 6.04 Å². The molecule has 1 aliphatic carbocycles. The summed E-state index contributed by atoms with van der Waals surface area (Å²) in [7, 11) is 0. The van der Waals surface area contributed by atoms with Gasteiger partial charge in [-0.1, -0.05) is 6.92 Å². The number of aliphatic carboxylic acids is 1. The standard InChI is InChI=1S/C15H26N2O3/c1-10(2)17(9-12-4-5-12)15(20)16-7-6-11(3)8-13(16)14(18)19/h10-13H,4-9H2,1-3H3,(H,18,19). The predicted molar refractivity (Wildman–Crippen MR) is 76.5 cm³/mol. The highest BCUT2D eigenvalue weighted by Gasteiger charge is 2.38. The summed E-state index contributed by atoms with van der Waals surface area (Å²) in [6.45, 7) is 7.40. The first-order chi connectivity index (χ1) is 9.40. The number of rotatable bonds is 4. The van der Waals surface area contributed by atoms with Crippen molar-refractivity contribution in [2.45, 2.75) is 58.5 Å². The Kier molecular flexibility index (Phi) is 4.55. The van der Waals surface area contributed by atoms with E-state index in [9.17, 15) is 14.7 Å². The van der Waals surface area contributed by atoms with E-state index < -0.39 is 12.0 Å². The number of carboxylic acids is 1. The second-order valence-electron chi connectivity index (χ2n) is 6.65. The molecule has 2 aliphatic rings. The lowest BCUT2D eigenvalue weighted by Crippen LogP contribution is -2.56. The summed E-state index contributed by atoms with van der Waals surface area (Å²) >= 11 is 0. The van der Waals surface area contributed by atoms with Gasteiger partial charge in [-0.05, 0) is 51.4 Å². The van der Waals surface area contributed by atoms with Crippen LogP contribution in [0.25, 0.3) is 0 Å². The van der Waals surface area contributed by atoms with Gasteiger partial charge in [-0.25, -0.2) is 9.59 Å². The summed E-state index contributed by atoms with van der Waals surface area (Å²) in [6, 6.07) is -0.630. The van der Waals surface area contributed by atoms with Crippen LogP contribution in [0.3, 0.4) is 0 Å². The van der Waals surface area contributed by atoms with Gasteiger partial charge in [0, 0.05) is 19.1 Å². The minimum atomic E-state index is -0.875. The predicted octanol–water partition coefficient (Wildman–Crippen LogP) is 2.41. The first-order valence-corrected chi connectivity index (χ1v) is 7.70. The van der Waals surface area contributed by atoms with Gasteiger partial charge in [0.25, 0.3) is 0 Å². The second kappa shape index (κ2) is 6.02. The molecule has 2 amide bonds. The van der Waals surface area contributed by atoms with Crippen molar-refractivity contribution in [3.63, 3.8) is 0 Å². The van der Waals surface area contributed by atoms with Crippen molar-refractivity contribution in [3.05, 3.63) is 0 Å². The van der Waals surface area contributed by atoms with E-state index in [0.717, 1.165) is 13.0 Å². The number of carboxylic acid groups (broad SMARTS) is 1. The van der Waals surface area contributed by atoms with Crippen LogP contribution >= 0.6 is 0 Å². The molecule has 114 valence electrons. The van der Waals surface area contributed by atoms with Crippen molar-refractivity contribution >= 4 is 12.0 Å². The van der Waals surface area contributed by atoms with E-state index in [0.29, 0.717) is 24.8 Å². The van der Waals surface area contributed by atoms with Crippen LogP contribution in [0, 0.1) is 11.8 Å². The summed E-state index contributed by atoms with van der Waals surface area (Å²) in [4.78, 5) is 27.6. The highest BCUT2D eigenvalue weighted by atomic mass is 16.4. The zero-order chi connectivity index (χ0) is 14.9. The van der Waals surface area contributed by atoms with Gasteiger partial charge >= 0.3 is 12.0 Å². The lowest BCUT2D eigenvalue weighted by Gasteiger charge is -2.40. The number of hydrogen-bond donors (Lipinski definition) is 1. The molecule has 0 bridgehead atoms. The zero-order valence-electron chi connectivity index (χ0n) is 12.7. The fraction of sp³-hybridized carbons (Fsp3) is 0.867. The summed E-state index contributed by atoms with van der Waals surface area (Å²) < 4.78 is 0. The average Bonchev–Trinajstić information content (AvgIpc) is 3.18. The van der Waals surface area contributed by atoms with Gasteiger partial charge in [-0.15, -0.1) is 0 Å². The van der Waals surface area contributed by atoms with Crippen molar-refractivity contribution in [1.82, 2.24) is 9.80 Å². The van der Waals surface area contributed by atoms with Crippen LogP contribution in [0.1, 0.15) is 46.5 Å². The molecule has 2 rings (SSSR count). The van der Waals surface area contributed by atoms with Crippen LogP contribution in [0.15, 0.2) is 0 Å². The van der Waals surface area contributed by atoms with Crippen molar-refractivity contribution in [2.24, 2.45) is 11.8 Å². The molecule has 0 aromatic rings. The Labute approximate surface area is 120 Å². The molecule has 5 nitrogen and oxygen atoms in total. The number of likely N-dealkylation sites (tertiary alicyclic amines) is 1. The maximum Gasteiger partial charge on any atom is 0.326 e. The third kappa shape index (κ3) is 3.44. The van der Waals surface area contributed by atoms with E-state index in [4.69, 9.17) is 0 Å². The molecular formula is C15H26N2O3. The Balaban J connectivity index is 2.09. The van der Waals surface area contributed by atoms with Crippen LogP contribution in [0.2, 0.25) is 0 Å². The minimum Gasteiger partial charge on any atom is -0.480 e. The van der Waals surface area contributed by atoms with E-state index in [1.807, 2.05) is 18.7 Å². The molecule has 0 radical (unpaired) electrons. The first kappa shape index (κ1) is 15.1. The quantitative estimate of drug-likeness (QED) is 0.861. The number of nitrogens with zero attached hydrogens (tertiary/aromatic N) is 2. The fourth-order valence-electron chi connectivity index (χ4n) is 2.86. The minimum absolute atomic E-state index is 0.0915. The van der Waals surface area contributed by atoms with Gasteiger partial charge < -0.3 is 14.9 Å². The topological polar surface area (TPSA) is 60.9 Å². The normalized spacial score (nSPS) is 26.7. The SMILES string of the molecule is CC1CCN(C(=O)N(CC2CC2)C(C)C)C(C(=O)O)C1. The number of piperidine rings is 1. The Bertz CT molecular complexity index is 379. The van der Waals surface area contributed by atoms with Crippen molar-refractivity contribution in [2.75, 3.05) is 13.1 Å². The largest absolute Gasteiger partial charge is 0.480 e. The molecule has 1 N–H and O–H groups in total. The van der Waals surface area contributed by atoms with Gasteiger partial charge in [-0.3, -0.25) is 0 Å². The summed E-state index contributed by atoms with van der Waals surface area (Å²) in [5.74, 6) is 0.115. The van der Waals surface area contributed by atoms with E-state index >= 15 is 0 Å². The number of hydrogen-bond acceptors (Lipinski definition) is 2. The highest BCUT2D eigenvalue weighted by molar-refractivity contribution is 5.83. The summed E-state index contributed by atoms with van der Waals surface area (Å²) in [5.41, 5.74) is 0. The van der Waals surface area contributed by atoms with E-state index in [1.165, 1.54) is 12.8 Å². The van der Waals surface area contributed by atoms with Gasteiger partial charge in [0.05, 0.1) is 0 Å². The fourth-order valence-corrected chi connectivity index (χ4v) is 2.86. The van der Waals surface area contributed by atoms with Crippen molar-refractivity contribution in [3.8, 4) is 0 Å². The molecular weight excluding hydrogens is 256 g/mol. The van der Waals surface area contributed by atoms with Gasteiger partial charge in [0.15, 0.2) is 0 Å². The lowest BCUT2D eigenvalue weighted by molar-refractivity contribution is -0.144. The maximum atomic E-state index is 12.7. The van der Waals surface area contributed by atoms with Crippen molar-refractivity contribution in [1.29, 1.82) is 0 Å². The molecule has 0 aromatic heterocycles. The summed E-state index contributed by atoms with van der Waals surface area (Å²) in [5, 5.41) is 9.38. The number of urea groups is 1. The first-order valence-electron chi connectivity index (χ1n) is 7.70. The van der Waals surface area contributed by atoms with Crippen LogP contribution in [0.4, 0.5) is 4.79 Å². The number of carbonyl (C=O) groups excluding carboxylic acids is 1. The molecule has 0 aromatic carbocycles. The van der Waals surface area contributed by atoms with Crippen LogP contribution < -0.4 is 0 Å². The number of amides is 2. The van der Waals surface area contributed by atoms with Crippen LogP contribution in [-0.4, -0.2) is 52.1 Å². The molecule has 0 spiro atoms. The third-order valence-corrected chi connectivity index (χ3v) is 4.42. The van der Waals surface area contributed by atoms with Gasteiger partial charge in [-0.2, -0.15) is 0 Å².